The number of carboxylic acid groups (broad SMARTS) is 1. The van der Waals surface area contributed by atoms with Crippen LogP contribution in [0.3, 0.4) is 0 Å². The van der Waals surface area contributed by atoms with Crippen LogP contribution >= 0.6 is 0 Å². The number of urea groups is 1. The van der Waals surface area contributed by atoms with Crippen LogP contribution in [0.4, 0.5) is 4.79 Å². The van der Waals surface area contributed by atoms with E-state index in [1.807, 2.05) is 0 Å². The Hall–Kier alpha value is -3.71. The number of nitrogens with zero attached hydrogens (tertiary/aromatic N) is 2. The largest absolute Gasteiger partial charge is 0.508 e. The Morgan fingerprint density at radius 2 is 1.94 bits per heavy atom. The molecule has 13 nitrogen and oxygen atoms in total. The first-order valence-corrected chi connectivity index (χ1v) is 9.69. The zero-order valence-electron chi connectivity index (χ0n) is 17.1. The van der Waals surface area contributed by atoms with Crippen molar-refractivity contribution in [1.29, 1.82) is 0 Å². The molecule has 13 heteroatoms. The van der Waals surface area contributed by atoms with E-state index < -0.39 is 48.1 Å². The van der Waals surface area contributed by atoms with Gasteiger partial charge < -0.3 is 41.9 Å². The zero-order valence-corrected chi connectivity index (χ0v) is 17.1. The molecule has 0 spiro atoms. The first-order chi connectivity index (χ1) is 15.0. The molecule has 1 aromatic carbocycles. The Morgan fingerprint density at radius 1 is 1.28 bits per heavy atom. The molecule has 9 N–H and O–H groups in total. The van der Waals surface area contributed by atoms with Crippen LogP contribution in [0, 0.1) is 0 Å². The maximum Gasteiger partial charge on any atom is 0.328 e. The van der Waals surface area contributed by atoms with Gasteiger partial charge in [-0.3, -0.25) is 4.79 Å². The van der Waals surface area contributed by atoms with Gasteiger partial charge in [0.2, 0.25) is 11.8 Å². The van der Waals surface area contributed by atoms with Crippen molar-refractivity contribution in [1.82, 2.24) is 20.8 Å². The Kier molecular flexibility index (Phi) is 6.32. The van der Waals surface area contributed by atoms with Gasteiger partial charge >= 0.3 is 12.0 Å². The molecule has 0 radical (unpaired) electrons. The third-order valence-electron chi connectivity index (χ3n) is 5.20. The number of aliphatic hydroxyl groups is 1. The van der Waals surface area contributed by atoms with Crippen molar-refractivity contribution in [2.24, 2.45) is 11.5 Å². The lowest BCUT2D eigenvalue weighted by Gasteiger charge is -2.19. The number of benzene rings is 1. The molecule has 172 valence electrons. The molecular weight excluding hydrogens is 424 g/mol. The third kappa shape index (κ3) is 4.95. The molecule has 0 bridgehead atoms. The van der Waals surface area contributed by atoms with E-state index in [9.17, 15) is 24.6 Å². The second-order valence-electron chi connectivity index (χ2n) is 7.74. The molecule has 0 saturated heterocycles. The lowest BCUT2D eigenvalue weighted by Crippen LogP contribution is -2.52. The molecule has 2 unspecified atom stereocenters. The summed E-state index contributed by atoms with van der Waals surface area (Å²) in [5.74, 6) is -2.20. The third-order valence-corrected chi connectivity index (χ3v) is 5.20. The van der Waals surface area contributed by atoms with E-state index in [2.05, 4.69) is 20.8 Å². The minimum atomic E-state index is -1.58. The fourth-order valence-electron chi connectivity index (χ4n) is 3.34. The van der Waals surface area contributed by atoms with Crippen LogP contribution in [-0.4, -0.2) is 55.5 Å². The number of amides is 3. The van der Waals surface area contributed by atoms with Crippen LogP contribution in [-0.2, 0) is 15.1 Å². The Bertz CT molecular complexity index is 1010. The summed E-state index contributed by atoms with van der Waals surface area (Å²) in [7, 11) is 0. The number of aliphatic carboxylic acids is 1. The van der Waals surface area contributed by atoms with Gasteiger partial charge in [0.15, 0.2) is 11.9 Å². The average Bonchev–Trinajstić information content (AvgIpc) is 3.16. The number of primary amides is 1. The first kappa shape index (κ1) is 23.0. The number of nitrogens with two attached hydrogens (primary N) is 2. The number of hydrogen-bond acceptors (Lipinski definition) is 9. The maximum atomic E-state index is 12.2. The molecule has 1 aromatic heterocycles. The first-order valence-electron chi connectivity index (χ1n) is 9.69. The number of carbonyl (C=O) groups is 3. The Labute approximate surface area is 181 Å². The highest BCUT2D eigenvalue weighted by molar-refractivity contribution is 5.83. The van der Waals surface area contributed by atoms with Crippen molar-refractivity contribution in [3.05, 3.63) is 41.5 Å². The number of aromatic nitrogens is 2. The molecule has 32 heavy (non-hydrogen) atoms. The number of aromatic hydroxyl groups is 1. The maximum absolute atomic E-state index is 12.2. The fourth-order valence-corrected chi connectivity index (χ4v) is 3.34. The summed E-state index contributed by atoms with van der Waals surface area (Å²) < 4.78 is 5.20. The number of nitrogens with one attached hydrogen (secondary N) is 2. The summed E-state index contributed by atoms with van der Waals surface area (Å²) >= 11 is 0. The normalized spacial score (nSPS) is 22.4. The van der Waals surface area contributed by atoms with Crippen LogP contribution in [0.1, 0.15) is 49.0 Å². The van der Waals surface area contributed by atoms with Gasteiger partial charge in [-0.05, 0) is 31.0 Å². The van der Waals surface area contributed by atoms with Gasteiger partial charge in [-0.2, -0.15) is 4.98 Å². The molecule has 1 saturated carbocycles. The Morgan fingerprint density at radius 3 is 2.50 bits per heavy atom. The summed E-state index contributed by atoms with van der Waals surface area (Å²) in [5.41, 5.74) is 11.6. The SMILES string of the molecule is CC(O)[C@H](NC(=O)N[C@@H](CC(N)=O)c1nc(C2(N)C[C@@H]2c2ccc(O)cc2)no1)C(=O)O. The molecule has 1 aliphatic rings. The Balaban J connectivity index is 1.74. The fraction of sp³-hybridized carbons (Fsp3) is 0.421. The van der Waals surface area contributed by atoms with Gasteiger partial charge in [0, 0.05) is 5.92 Å². The van der Waals surface area contributed by atoms with Crippen LogP contribution in [0.5, 0.6) is 5.75 Å². The lowest BCUT2D eigenvalue weighted by atomic mass is 10.1. The molecule has 3 amide bonds. The molecule has 2 aromatic rings. The van der Waals surface area contributed by atoms with E-state index in [1.165, 1.54) is 6.92 Å². The van der Waals surface area contributed by atoms with Gasteiger partial charge in [0.1, 0.15) is 11.8 Å². The van der Waals surface area contributed by atoms with Crippen LogP contribution in [0.2, 0.25) is 0 Å². The van der Waals surface area contributed by atoms with Crippen LogP contribution in [0.25, 0.3) is 0 Å². The van der Waals surface area contributed by atoms with Crippen molar-refractivity contribution in [2.45, 2.75) is 49.4 Å². The summed E-state index contributed by atoms with van der Waals surface area (Å²) in [6.07, 6.45) is -1.26. The number of rotatable bonds is 9. The predicted octanol–water partition coefficient (Wildman–Crippen LogP) is -0.834. The van der Waals surface area contributed by atoms with Crippen LogP contribution < -0.4 is 22.1 Å². The summed E-state index contributed by atoms with van der Waals surface area (Å²) in [6, 6.07) is 2.84. The van der Waals surface area contributed by atoms with E-state index in [-0.39, 0.29) is 23.4 Å². The van der Waals surface area contributed by atoms with E-state index >= 15 is 0 Å². The lowest BCUT2D eigenvalue weighted by molar-refractivity contribution is -0.141. The predicted molar refractivity (Wildman–Crippen MR) is 107 cm³/mol. The molecule has 5 atom stereocenters. The minimum Gasteiger partial charge on any atom is -0.508 e. The highest BCUT2D eigenvalue weighted by atomic mass is 16.5. The molecule has 1 heterocycles. The second-order valence-corrected chi connectivity index (χ2v) is 7.74. The van der Waals surface area contributed by atoms with E-state index in [0.29, 0.717) is 6.42 Å². The van der Waals surface area contributed by atoms with E-state index in [1.54, 1.807) is 24.3 Å². The zero-order chi connectivity index (χ0) is 23.6. The highest BCUT2D eigenvalue weighted by Gasteiger charge is 2.56. The van der Waals surface area contributed by atoms with Crippen molar-refractivity contribution in [3.63, 3.8) is 0 Å². The van der Waals surface area contributed by atoms with Gasteiger partial charge in [0.25, 0.3) is 0 Å². The van der Waals surface area contributed by atoms with Crippen molar-refractivity contribution in [3.8, 4) is 5.75 Å². The minimum absolute atomic E-state index is 0.123. The number of carboxylic acids is 1. The molecule has 3 rings (SSSR count). The molecular formula is C19H24N6O7. The van der Waals surface area contributed by atoms with Crippen molar-refractivity contribution >= 4 is 17.9 Å². The summed E-state index contributed by atoms with van der Waals surface area (Å²) in [6.45, 7) is 1.20. The average molecular weight is 448 g/mol. The number of carbonyl (C=O) groups excluding carboxylic acids is 2. The quantitative estimate of drug-likeness (QED) is 0.252. The number of aliphatic hydroxyl groups excluding tert-OH is 1. The number of hydrogen-bond donors (Lipinski definition) is 7. The molecule has 1 aliphatic carbocycles. The van der Waals surface area contributed by atoms with Gasteiger partial charge in [0.05, 0.1) is 18.1 Å². The number of phenols is 1. The topological polar surface area (TPSA) is 227 Å². The van der Waals surface area contributed by atoms with Gasteiger partial charge in [-0.1, -0.05) is 17.3 Å². The molecule has 1 fully saturated rings. The summed E-state index contributed by atoms with van der Waals surface area (Å²) in [4.78, 5) is 39.1. The van der Waals surface area contributed by atoms with Gasteiger partial charge in [-0.25, -0.2) is 9.59 Å². The molecule has 0 aliphatic heterocycles. The number of phenolic OH excluding ortho intramolecular Hbond substituents is 1. The van der Waals surface area contributed by atoms with E-state index in [4.69, 9.17) is 21.1 Å². The van der Waals surface area contributed by atoms with Crippen molar-refractivity contribution < 1.29 is 34.2 Å². The summed E-state index contributed by atoms with van der Waals surface area (Å²) in [5, 5.41) is 36.3. The standard InChI is InChI=1S/C19H24N6O7/c1-8(26)14(16(29)30)23-18(31)22-12(6-13(20)28)15-24-17(25-32-15)19(21)7-11(19)9-2-4-10(27)5-3-9/h2-5,8,11-12,14,26-27H,6-7,21H2,1H3,(H2,20,28)(H,29,30)(H2,22,23,31)/t8?,11-,12+,14+,19?/m1/s1. The van der Waals surface area contributed by atoms with Crippen molar-refractivity contribution in [2.75, 3.05) is 0 Å². The smallest absolute Gasteiger partial charge is 0.328 e. The highest BCUT2D eigenvalue weighted by Crippen LogP contribution is 2.55. The monoisotopic (exact) mass is 448 g/mol. The van der Waals surface area contributed by atoms with Crippen LogP contribution in [0.15, 0.2) is 28.8 Å². The van der Waals surface area contributed by atoms with E-state index in [0.717, 1.165) is 5.56 Å². The van der Waals surface area contributed by atoms with Gasteiger partial charge in [-0.15, -0.1) is 0 Å². The second kappa shape index (κ2) is 8.80.